The normalized spacial score (nSPS) is 10.8. The number of aromatic amines is 1. The quantitative estimate of drug-likeness (QED) is 0.355. The molecule has 1 N–H and O–H groups in total. The maximum atomic E-state index is 11.2. The second-order valence-electron chi connectivity index (χ2n) is 2.81. The highest BCUT2D eigenvalue weighted by Gasteiger charge is 2.13. The summed E-state index contributed by atoms with van der Waals surface area (Å²) in [7, 11) is 0. The summed E-state index contributed by atoms with van der Waals surface area (Å²) in [4.78, 5) is 33.7. The molecule has 0 aliphatic carbocycles. The topological polar surface area (TPSA) is 98.0 Å². The van der Waals surface area contributed by atoms with Crippen molar-refractivity contribution in [3.8, 4) is 0 Å². The van der Waals surface area contributed by atoms with Crippen LogP contribution < -0.4 is 11.2 Å². The van der Waals surface area contributed by atoms with Crippen molar-refractivity contribution < 1.29 is 4.92 Å². The highest BCUT2D eigenvalue weighted by atomic mass is 35.5. The van der Waals surface area contributed by atoms with Gasteiger partial charge in [-0.05, 0) is 0 Å². The molecule has 0 atom stereocenters. The van der Waals surface area contributed by atoms with Gasteiger partial charge in [0.15, 0.2) is 0 Å². The van der Waals surface area contributed by atoms with Gasteiger partial charge in [0.1, 0.15) is 0 Å². The second kappa shape index (κ2) is 5.26. The molecule has 0 aromatic carbocycles. The zero-order valence-corrected chi connectivity index (χ0v) is 8.81. The first-order valence-corrected chi connectivity index (χ1v) is 4.79. The molecule has 0 aliphatic rings. The van der Waals surface area contributed by atoms with E-state index in [2.05, 4.69) is 0 Å². The summed E-state index contributed by atoms with van der Waals surface area (Å²) >= 11 is 5.37. The smallest absolute Gasteiger partial charge is 0.290 e. The van der Waals surface area contributed by atoms with Crippen molar-refractivity contribution in [2.24, 2.45) is 0 Å². The van der Waals surface area contributed by atoms with Crippen molar-refractivity contribution in [1.82, 2.24) is 9.55 Å². The van der Waals surface area contributed by atoms with E-state index in [4.69, 9.17) is 11.6 Å². The summed E-state index contributed by atoms with van der Waals surface area (Å²) < 4.78 is 1.02. The largest absolute Gasteiger partial charge is 0.350 e. The van der Waals surface area contributed by atoms with Crippen LogP contribution in [0.15, 0.2) is 27.9 Å². The van der Waals surface area contributed by atoms with Crippen LogP contribution in [0.5, 0.6) is 0 Å². The molecule has 1 rings (SSSR count). The van der Waals surface area contributed by atoms with Gasteiger partial charge < -0.3 is 0 Å². The third kappa shape index (κ3) is 2.80. The molecule has 0 amide bonds. The summed E-state index contributed by atoms with van der Waals surface area (Å²) in [6.45, 7) is 0.114. The van der Waals surface area contributed by atoms with Crippen LogP contribution in [0.1, 0.15) is 0 Å². The summed E-state index contributed by atoms with van der Waals surface area (Å²) in [6.07, 6.45) is 4.06. The molecular formula is C8H8ClN3O4. The van der Waals surface area contributed by atoms with Crippen LogP contribution in [0.25, 0.3) is 0 Å². The molecule has 86 valence electrons. The fourth-order valence-corrected chi connectivity index (χ4v) is 1.14. The maximum Gasteiger partial charge on any atom is 0.350 e. The lowest BCUT2D eigenvalue weighted by molar-refractivity contribution is -0.386. The monoisotopic (exact) mass is 245 g/mol. The number of nitrogens with one attached hydrogen (secondary N) is 1. The zero-order chi connectivity index (χ0) is 12.1. The van der Waals surface area contributed by atoms with Gasteiger partial charge in [0, 0.05) is 12.4 Å². The number of hydrogen-bond acceptors (Lipinski definition) is 4. The summed E-state index contributed by atoms with van der Waals surface area (Å²) in [5.74, 6) is 0.278. The van der Waals surface area contributed by atoms with E-state index in [9.17, 15) is 19.7 Å². The van der Waals surface area contributed by atoms with Crippen molar-refractivity contribution in [1.29, 1.82) is 0 Å². The standard InChI is InChI=1S/C8H8ClN3O4/c9-3-1-2-4-11-5-6(12(15)16)7(13)10-8(11)14/h1-2,5H,3-4H2,(H,10,13,14). The Labute approximate surface area is 94.1 Å². The third-order valence-electron chi connectivity index (χ3n) is 1.75. The van der Waals surface area contributed by atoms with Crippen LogP contribution in [0.4, 0.5) is 5.69 Å². The van der Waals surface area contributed by atoms with Gasteiger partial charge in [0.05, 0.1) is 11.1 Å². The summed E-state index contributed by atoms with van der Waals surface area (Å²) in [6, 6.07) is 0. The lowest BCUT2D eigenvalue weighted by Crippen LogP contribution is -2.30. The fraction of sp³-hybridized carbons (Fsp3) is 0.250. The average Bonchev–Trinajstić information content (AvgIpc) is 2.21. The number of alkyl halides is 1. The lowest BCUT2D eigenvalue weighted by Gasteiger charge is -1.99. The SMILES string of the molecule is O=c1[nH]c(=O)n(CC=CCCl)cc1[N+](=O)[O-]. The van der Waals surface area contributed by atoms with Gasteiger partial charge in [-0.25, -0.2) is 4.79 Å². The van der Waals surface area contributed by atoms with Crippen molar-refractivity contribution >= 4 is 17.3 Å². The highest BCUT2D eigenvalue weighted by molar-refractivity contribution is 6.18. The number of nitro groups is 1. The van der Waals surface area contributed by atoms with E-state index in [1.165, 1.54) is 0 Å². The first-order valence-electron chi connectivity index (χ1n) is 4.25. The van der Waals surface area contributed by atoms with Gasteiger partial charge in [0.2, 0.25) is 0 Å². The third-order valence-corrected chi connectivity index (χ3v) is 1.92. The fourth-order valence-electron chi connectivity index (χ4n) is 1.01. The molecule has 0 fully saturated rings. The second-order valence-corrected chi connectivity index (χ2v) is 3.12. The molecule has 0 saturated carbocycles. The van der Waals surface area contributed by atoms with Gasteiger partial charge >= 0.3 is 16.9 Å². The number of nitrogens with zero attached hydrogens (tertiary/aromatic N) is 2. The molecule has 0 saturated heterocycles. The first-order chi connectivity index (χ1) is 7.56. The molecule has 0 unspecified atom stereocenters. The van der Waals surface area contributed by atoms with E-state index in [0.29, 0.717) is 0 Å². The first kappa shape index (κ1) is 12.2. The van der Waals surface area contributed by atoms with Crippen LogP contribution in [0.3, 0.4) is 0 Å². The van der Waals surface area contributed by atoms with E-state index in [-0.39, 0.29) is 12.4 Å². The van der Waals surface area contributed by atoms with Crippen LogP contribution >= 0.6 is 11.6 Å². The molecular weight excluding hydrogens is 238 g/mol. The van der Waals surface area contributed by atoms with Crippen molar-refractivity contribution in [3.63, 3.8) is 0 Å². The summed E-state index contributed by atoms with van der Waals surface area (Å²) in [5, 5.41) is 10.4. The van der Waals surface area contributed by atoms with E-state index < -0.39 is 21.9 Å². The average molecular weight is 246 g/mol. The van der Waals surface area contributed by atoms with E-state index in [1.807, 2.05) is 4.98 Å². The Kier molecular flexibility index (Phi) is 4.01. The predicted molar refractivity (Wildman–Crippen MR) is 57.8 cm³/mol. The predicted octanol–water partition coefficient (Wildman–Crippen LogP) is 0.240. The van der Waals surface area contributed by atoms with Crippen LogP contribution in [0.2, 0.25) is 0 Å². The maximum absolute atomic E-state index is 11.2. The van der Waals surface area contributed by atoms with Crippen LogP contribution in [-0.4, -0.2) is 20.4 Å². The Morgan fingerprint density at radius 3 is 2.75 bits per heavy atom. The molecule has 1 heterocycles. The number of halogens is 1. The molecule has 0 spiro atoms. The molecule has 0 aliphatic heterocycles. The molecule has 0 radical (unpaired) electrons. The van der Waals surface area contributed by atoms with Gasteiger partial charge in [0.25, 0.3) is 0 Å². The number of rotatable bonds is 4. The van der Waals surface area contributed by atoms with E-state index in [1.54, 1.807) is 12.2 Å². The number of H-pyrrole nitrogens is 1. The minimum absolute atomic E-state index is 0.114. The van der Waals surface area contributed by atoms with Gasteiger partial charge in [-0.3, -0.25) is 24.5 Å². The Morgan fingerprint density at radius 2 is 2.19 bits per heavy atom. The van der Waals surface area contributed by atoms with Gasteiger partial charge in [-0.2, -0.15) is 0 Å². The minimum atomic E-state index is -1.01. The molecule has 1 aromatic rings. The van der Waals surface area contributed by atoms with Crippen LogP contribution in [0, 0.1) is 10.1 Å². The minimum Gasteiger partial charge on any atom is -0.290 e. The molecule has 7 nitrogen and oxygen atoms in total. The van der Waals surface area contributed by atoms with Crippen LogP contribution in [-0.2, 0) is 6.54 Å². The number of allylic oxidation sites excluding steroid dienone is 2. The number of aromatic nitrogens is 2. The Balaban J connectivity index is 3.15. The van der Waals surface area contributed by atoms with Gasteiger partial charge in [-0.1, -0.05) is 12.2 Å². The number of hydrogen-bond donors (Lipinski definition) is 1. The van der Waals surface area contributed by atoms with Gasteiger partial charge in [-0.15, -0.1) is 11.6 Å². The lowest BCUT2D eigenvalue weighted by atomic mass is 10.5. The van der Waals surface area contributed by atoms with E-state index in [0.717, 1.165) is 10.8 Å². The molecule has 1 aromatic heterocycles. The van der Waals surface area contributed by atoms with Crippen molar-refractivity contribution in [2.75, 3.05) is 5.88 Å². The highest BCUT2D eigenvalue weighted by Crippen LogP contribution is 1.98. The molecule has 8 heteroatoms. The van der Waals surface area contributed by atoms with Crippen molar-refractivity contribution in [3.05, 3.63) is 49.3 Å². The Bertz CT molecular complexity index is 531. The van der Waals surface area contributed by atoms with E-state index >= 15 is 0 Å². The Morgan fingerprint density at radius 1 is 1.50 bits per heavy atom. The summed E-state index contributed by atoms with van der Waals surface area (Å²) in [5.41, 5.74) is -2.37. The van der Waals surface area contributed by atoms with Crippen molar-refractivity contribution in [2.45, 2.75) is 6.54 Å². The Hall–Kier alpha value is -1.89. The molecule has 16 heavy (non-hydrogen) atoms. The zero-order valence-electron chi connectivity index (χ0n) is 8.05. The molecule has 0 bridgehead atoms.